The molecule has 0 aliphatic carbocycles. The van der Waals surface area contributed by atoms with Gasteiger partial charge in [-0.3, -0.25) is 10.00 Å². The molecule has 4 rings (SSSR count). The van der Waals surface area contributed by atoms with Crippen LogP contribution in [-0.2, 0) is 6.18 Å². The molecule has 1 fully saturated rings. The number of piperazine rings is 1. The van der Waals surface area contributed by atoms with E-state index >= 15 is 0 Å². The Morgan fingerprint density at radius 3 is 2.21 bits per heavy atom. The van der Waals surface area contributed by atoms with Gasteiger partial charge in [0.15, 0.2) is 0 Å². The molecule has 0 amide bonds. The van der Waals surface area contributed by atoms with E-state index in [9.17, 15) is 17.6 Å². The maximum Gasteiger partial charge on any atom is 0.416 e. The van der Waals surface area contributed by atoms with Crippen LogP contribution in [-0.4, -0.2) is 41.3 Å². The molecule has 1 N–H and O–H groups in total. The van der Waals surface area contributed by atoms with E-state index in [0.717, 1.165) is 23.4 Å². The molecule has 2 heterocycles. The summed E-state index contributed by atoms with van der Waals surface area (Å²) in [6.07, 6.45) is -0.881. The van der Waals surface area contributed by atoms with Crippen LogP contribution in [0, 0.1) is 5.82 Å². The monoisotopic (exact) mass is 404 g/mol. The summed E-state index contributed by atoms with van der Waals surface area (Å²) >= 11 is 0. The third kappa shape index (κ3) is 4.12. The van der Waals surface area contributed by atoms with E-state index in [0.29, 0.717) is 31.7 Å². The third-order valence-corrected chi connectivity index (χ3v) is 5.27. The average Bonchev–Trinajstić information content (AvgIpc) is 3.24. The van der Waals surface area contributed by atoms with Crippen LogP contribution in [0.4, 0.5) is 23.2 Å². The van der Waals surface area contributed by atoms with Gasteiger partial charge in [-0.25, -0.2) is 4.39 Å². The number of alkyl halides is 3. The molecular weight excluding hydrogens is 384 g/mol. The molecule has 8 heteroatoms. The summed E-state index contributed by atoms with van der Waals surface area (Å²) in [5, 5.41) is 6.80. The number of aromatic amines is 1. The summed E-state index contributed by atoms with van der Waals surface area (Å²) in [6, 6.07) is 11.6. The van der Waals surface area contributed by atoms with Crippen molar-refractivity contribution in [1.29, 1.82) is 0 Å². The number of nitrogens with one attached hydrogen (secondary N) is 1. The minimum absolute atomic E-state index is 0.273. The lowest BCUT2D eigenvalue weighted by molar-refractivity contribution is -0.137. The van der Waals surface area contributed by atoms with Crippen LogP contribution in [0.25, 0.3) is 0 Å². The Labute approximate surface area is 165 Å². The summed E-state index contributed by atoms with van der Waals surface area (Å²) in [5.74, 6) is -0.274. The molecule has 4 nitrogen and oxygen atoms in total. The standard InChI is InChI=1S/C21H20F4N4/c22-19-4-2-1-3-18(19)20(15-13-26-27-14-15)29-11-9-28(10-12-29)17-7-5-16(6-8-17)21(23,24)25/h1-8,13-14,20H,9-12H2,(H,26,27). The first-order chi connectivity index (χ1) is 13.9. The molecule has 0 saturated carbocycles. The Kier molecular flexibility index (Phi) is 5.27. The van der Waals surface area contributed by atoms with E-state index < -0.39 is 11.7 Å². The molecule has 1 unspecified atom stereocenters. The van der Waals surface area contributed by atoms with Crippen molar-refractivity contribution < 1.29 is 17.6 Å². The number of benzene rings is 2. The van der Waals surface area contributed by atoms with Gasteiger partial charge in [0.05, 0.1) is 17.8 Å². The summed E-state index contributed by atoms with van der Waals surface area (Å²) in [5.41, 5.74) is 1.55. The predicted molar refractivity (Wildman–Crippen MR) is 102 cm³/mol. The zero-order chi connectivity index (χ0) is 20.4. The van der Waals surface area contributed by atoms with Crippen LogP contribution in [0.5, 0.6) is 0 Å². The van der Waals surface area contributed by atoms with Crippen molar-refractivity contribution in [2.45, 2.75) is 12.2 Å². The molecule has 1 atom stereocenters. The Morgan fingerprint density at radius 2 is 1.62 bits per heavy atom. The maximum atomic E-state index is 14.5. The summed E-state index contributed by atoms with van der Waals surface area (Å²) in [7, 11) is 0. The highest BCUT2D eigenvalue weighted by Crippen LogP contribution is 2.33. The van der Waals surface area contributed by atoms with E-state index in [1.807, 2.05) is 11.0 Å². The maximum absolute atomic E-state index is 14.5. The minimum atomic E-state index is -4.34. The first-order valence-electron chi connectivity index (χ1n) is 9.33. The van der Waals surface area contributed by atoms with E-state index in [4.69, 9.17) is 0 Å². The number of hydrogen-bond acceptors (Lipinski definition) is 3. The molecular formula is C21H20F4N4. The molecule has 1 saturated heterocycles. The SMILES string of the molecule is Fc1ccccc1C(c1cn[nH]c1)N1CCN(c2ccc(C(F)(F)F)cc2)CC1. The molecule has 3 aromatic rings. The van der Waals surface area contributed by atoms with Crippen LogP contribution < -0.4 is 4.90 Å². The molecule has 2 aromatic carbocycles. The van der Waals surface area contributed by atoms with Gasteiger partial charge in [0.25, 0.3) is 0 Å². The Bertz CT molecular complexity index is 930. The van der Waals surface area contributed by atoms with Crippen molar-refractivity contribution in [1.82, 2.24) is 15.1 Å². The topological polar surface area (TPSA) is 35.2 Å². The average molecular weight is 404 g/mol. The fourth-order valence-corrected chi connectivity index (χ4v) is 3.79. The highest BCUT2D eigenvalue weighted by atomic mass is 19.4. The molecule has 1 aromatic heterocycles. The molecule has 29 heavy (non-hydrogen) atoms. The summed E-state index contributed by atoms with van der Waals surface area (Å²) < 4.78 is 52.8. The first kappa shape index (κ1) is 19.4. The minimum Gasteiger partial charge on any atom is -0.369 e. The number of H-pyrrole nitrogens is 1. The second-order valence-corrected chi connectivity index (χ2v) is 7.02. The lowest BCUT2D eigenvalue weighted by atomic mass is 9.98. The molecule has 1 aliphatic heterocycles. The highest BCUT2D eigenvalue weighted by Gasteiger charge is 2.31. The lowest BCUT2D eigenvalue weighted by Gasteiger charge is -2.40. The van der Waals surface area contributed by atoms with Crippen LogP contribution in [0.2, 0.25) is 0 Å². The van der Waals surface area contributed by atoms with Crippen molar-refractivity contribution in [3.8, 4) is 0 Å². The molecule has 0 radical (unpaired) electrons. The van der Waals surface area contributed by atoms with E-state index in [1.165, 1.54) is 18.2 Å². The number of aromatic nitrogens is 2. The smallest absolute Gasteiger partial charge is 0.369 e. The van der Waals surface area contributed by atoms with E-state index in [2.05, 4.69) is 15.1 Å². The van der Waals surface area contributed by atoms with E-state index in [-0.39, 0.29) is 11.9 Å². The molecule has 152 valence electrons. The summed E-state index contributed by atoms with van der Waals surface area (Å²) in [6.45, 7) is 2.55. The molecule has 0 spiro atoms. The number of nitrogens with zero attached hydrogens (tertiary/aromatic N) is 3. The largest absolute Gasteiger partial charge is 0.416 e. The van der Waals surface area contributed by atoms with Gasteiger partial charge in [0.1, 0.15) is 5.82 Å². The van der Waals surface area contributed by atoms with Gasteiger partial charge in [-0.1, -0.05) is 18.2 Å². The van der Waals surface area contributed by atoms with Crippen LogP contribution in [0.15, 0.2) is 60.9 Å². The number of anilines is 1. The van der Waals surface area contributed by atoms with Gasteiger partial charge in [-0.15, -0.1) is 0 Å². The van der Waals surface area contributed by atoms with Gasteiger partial charge in [0, 0.05) is 49.2 Å². The number of halogens is 4. The first-order valence-corrected chi connectivity index (χ1v) is 9.33. The highest BCUT2D eigenvalue weighted by molar-refractivity contribution is 5.48. The fourth-order valence-electron chi connectivity index (χ4n) is 3.79. The predicted octanol–water partition coefficient (Wildman–Crippen LogP) is 4.48. The van der Waals surface area contributed by atoms with Crippen LogP contribution >= 0.6 is 0 Å². The fraction of sp³-hybridized carbons (Fsp3) is 0.286. The lowest BCUT2D eigenvalue weighted by Crippen LogP contribution is -2.48. The quantitative estimate of drug-likeness (QED) is 0.652. The van der Waals surface area contributed by atoms with Gasteiger partial charge in [-0.2, -0.15) is 18.3 Å². The normalized spacial score (nSPS) is 16.8. The number of hydrogen-bond donors (Lipinski definition) is 1. The Hall–Kier alpha value is -2.87. The van der Waals surface area contributed by atoms with E-state index in [1.54, 1.807) is 24.5 Å². The van der Waals surface area contributed by atoms with Gasteiger partial charge < -0.3 is 4.90 Å². The van der Waals surface area contributed by atoms with Gasteiger partial charge >= 0.3 is 6.18 Å². The van der Waals surface area contributed by atoms with Crippen LogP contribution in [0.3, 0.4) is 0 Å². The zero-order valence-corrected chi connectivity index (χ0v) is 15.5. The second kappa shape index (κ2) is 7.87. The zero-order valence-electron chi connectivity index (χ0n) is 15.5. The van der Waals surface area contributed by atoms with Crippen molar-refractivity contribution in [2.75, 3.05) is 31.1 Å². The van der Waals surface area contributed by atoms with Crippen molar-refractivity contribution in [3.05, 3.63) is 83.4 Å². The van der Waals surface area contributed by atoms with Gasteiger partial charge in [-0.05, 0) is 30.3 Å². The molecule has 0 bridgehead atoms. The molecule has 1 aliphatic rings. The Morgan fingerprint density at radius 1 is 0.931 bits per heavy atom. The third-order valence-electron chi connectivity index (χ3n) is 5.27. The van der Waals surface area contributed by atoms with Gasteiger partial charge in [0.2, 0.25) is 0 Å². The summed E-state index contributed by atoms with van der Waals surface area (Å²) in [4.78, 5) is 4.22. The second-order valence-electron chi connectivity index (χ2n) is 7.02. The Balaban J connectivity index is 1.51. The van der Waals surface area contributed by atoms with Crippen molar-refractivity contribution in [2.24, 2.45) is 0 Å². The number of rotatable bonds is 4. The van der Waals surface area contributed by atoms with Crippen molar-refractivity contribution >= 4 is 5.69 Å². The van der Waals surface area contributed by atoms with Crippen molar-refractivity contribution in [3.63, 3.8) is 0 Å². The van der Waals surface area contributed by atoms with Crippen LogP contribution in [0.1, 0.15) is 22.7 Å².